The molecule has 12 heterocycles. The van der Waals surface area contributed by atoms with Gasteiger partial charge in [-0.1, -0.05) is 0 Å². The lowest BCUT2D eigenvalue weighted by Gasteiger charge is -2.35. The highest BCUT2D eigenvalue weighted by Crippen LogP contribution is 2.35. The number of carbonyl (C=O) groups is 1. The van der Waals surface area contributed by atoms with Gasteiger partial charge in [0.15, 0.2) is 57.1 Å². The number of aromatic nitrogens is 16. The third kappa shape index (κ3) is 12.6. The largest absolute Gasteiger partial charge is 0.394 e. The molecule has 0 radical (unpaired) electrons. The van der Waals surface area contributed by atoms with Gasteiger partial charge in [-0.3, -0.25) is 68.0 Å². The van der Waals surface area contributed by atoms with E-state index >= 15 is 0 Å². The Labute approximate surface area is 475 Å². The van der Waals surface area contributed by atoms with Crippen molar-refractivity contribution in [3.63, 3.8) is 0 Å². The molecule has 14 atom stereocenters. The number of H-pyrrole nitrogens is 4. The lowest BCUT2D eigenvalue weighted by molar-refractivity contribution is -0.115. The van der Waals surface area contributed by atoms with Crippen LogP contribution in [-0.2, 0) is 23.7 Å². The number of imidazole rings is 4. The van der Waals surface area contributed by atoms with E-state index in [-0.39, 0.29) is 94.7 Å². The second-order valence-corrected chi connectivity index (χ2v) is 20.8. The fourth-order valence-corrected chi connectivity index (χ4v) is 10.0. The van der Waals surface area contributed by atoms with Crippen LogP contribution in [0.1, 0.15) is 65.4 Å². The number of ketones is 1. The Balaban J connectivity index is 0.000000166. The van der Waals surface area contributed by atoms with Crippen molar-refractivity contribution >= 4 is 74.2 Å². The van der Waals surface area contributed by atoms with E-state index in [4.69, 9.17) is 58.5 Å². The van der Waals surface area contributed by atoms with Gasteiger partial charge in [-0.25, -0.2) is 19.9 Å². The number of Topliss-reactive ketones (excluding diaryl/α,β-unsaturated/α-hetero) is 1. The Morgan fingerprint density at radius 1 is 0.588 bits per heavy atom. The summed E-state index contributed by atoms with van der Waals surface area (Å²) < 4.78 is 29.0. The number of aliphatic hydroxyl groups is 6. The van der Waals surface area contributed by atoms with Crippen LogP contribution in [0.15, 0.2) is 44.5 Å². The van der Waals surface area contributed by atoms with Gasteiger partial charge in [0, 0.05) is 25.9 Å². The zero-order valence-corrected chi connectivity index (χ0v) is 45.8. The second-order valence-electron chi connectivity index (χ2n) is 20.8. The summed E-state index contributed by atoms with van der Waals surface area (Å²) in [5.41, 5.74) is 32.2. The van der Waals surface area contributed by atoms with Gasteiger partial charge >= 0.3 is 0 Å². The number of nitrogens with one attached hydrogen (secondary N) is 6. The van der Waals surface area contributed by atoms with Crippen LogP contribution in [0.2, 0.25) is 0 Å². The van der Waals surface area contributed by atoms with Gasteiger partial charge < -0.3 is 88.8 Å². The van der Waals surface area contributed by atoms with E-state index in [1.807, 2.05) is 13.8 Å². The molecule has 4 fully saturated rings. The molecule has 4 saturated heterocycles. The molecule has 8 aromatic rings. The first-order chi connectivity index (χ1) is 40.3. The zero-order valence-electron chi connectivity index (χ0n) is 45.8. The molecular weight excluding hydrogens is 1130 g/mol. The summed E-state index contributed by atoms with van der Waals surface area (Å²) in [5.74, 6) is -0.0715. The number of nitrogen functional groups attached to an aromatic ring is 4. The third-order valence-electron chi connectivity index (χ3n) is 14.0. The Morgan fingerprint density at radius 3 is 1.32 bits per heavy atom. The third-order valence-corrected chi connectivity index (χ3v) is 14.0. The van der Waals surface area contributed by atoms with Crippen molar-refractivity contribution in [3.05, 3.63) is 66.7 Å². The summed E-state index contributed by atoms with van der Waals surface area (Å²) in [5, 5.41) is 67.6. The standard InChI is InChI=1S/C23H32N12O7.C10H14N6O4.C10H14N6O3.C3H6O/c1-23(2,28-4-9-8(37)3-11(41-9)34-6-26-13-16(34)29-21(24)31-18(13)39)33-12-10(5-36)42-20(15(12)38)35-7-27-14-17(35)30-22(25)32-19(14)40;11-4-3(1-17)20-9(6(4)18)16-2-13-5-7(16)14-10(12)15-8(5)19;11-2-5-4(17)1-6(19-5)16-3-13-7-8(16)14-10(12)15-9(7)18;1-3(2)4/h6-12,15,20,28,33,36-38H,3-5H2,1-2H3,(H3,24,29,31,39)(H3,25,30,32,40);2-4,6,9,17-18H,1,11H2,(H3,12,14,15,19);3-6,17H,1-2,11H2,(H3,12,14,15,18);1-2H3/t8-,9+,10+,11+,12+,15+,20+;3-,4-,6-,9-;4-,5+,6+;/m010./s1. The molecule has 460 valence electrons. The number of aromatic amines is 4. The topological polar surface area (TPSA) is 610 Å². The Bertz CT molecular complexity index is 3930. The van der Waals surface area contributed by atoms with Gasteiger partial charge in [-0.15, -0.1) is 0 Å². The summed E-state index contributed by atoms with van der Waals surface area (Å²) in [4.78, 5) is 98.9. The van der Waals surface area contributed by atoms with E-state index < -0.39 is 120 Å². The maximum atomic E-state index is 12.2. The molecule has 39 nitrogen and oxygen atoms in total. The maximum absolute atomic E-state index is 12.2. The van der Waals surface area contributed by atoms with Crippen LogP contribution in [-0.4, -0.2) is 207 Å². The number of hydrogen-bond donors (Lipinski definition) is 18. The SMILES string of the molecule is CC(C)(NC[C@H]1O[C@@H](n2cnc3c(=O)[nH]c(N)nc32)C[C@@H]1O)N[C@H]1[C@@H](O)[C@H](n2cnc3c(=O)[nH]c(N)nc32)O[C@@H]1CO.CC(C)=O.NC[C@H]1O[C@@H](n2cnc3c(=O)[nH]c(N)nc32)C[C@@H]1O.Nc1nc2c(ncn2[C@@H]2O[C@H](CO)[C@@H](N)[C@H]2O)c(=O)[nH]1. The molecule has 0 aromatic carbocycles. The second kappa shape index (κ2) is 24.7. The maximum Gasteiger partial charge on any atom is 0.280 e. The predicted molar refractivity (Wildman–Crippen MR) is 296 cm³/mol. The summed E-state index contributed by atoms with van der Waals surface area (Å²) in [6.07, 6.45) is -3.23. The number of nitrogens with two attached hydrogens (primary N) is 6. The monoisotopic (exact) mass is 1190 g/mol. The predicted octanol–water partition coefficient (Wildman–Crippen LogP) is -7.22. The lowest BCUT2D eigenvalue weighted by Crippen LogP contribution is -2.62. The molecule has 0 amide bonds. The first kappa shape index (κ1) is 61.3. The highest BCUT2D eigenvalue weighted by Gasteiger charge is 2.48. The number of anilines is 4. The molecule has 0 bridgehead atoms. The number of carbonyl (C=O) groups excluding carboxylic acids is 1. The number of nitrogens with zero attached hydrogens (tertiary/aromatic N) is 12. The van der Waals surface area contributed by atoms with E-state index in [0.717, 1.165) is 0 Å². The number of hydrogen-bond acceptors (Lipinski definition) is 31. The zero-order chi connectivity index (χ0) is 61.5. The fourth-order valence-electron chi connectivity index (χ4n) is 10.0. The van der Waals surface area contributed by atoms with Crippen molar-refractivity contribution in [2.75, 3.05) is 49.2 Å². The molecule has 0 saturated carbocycles. The highest BCUT2D eigenvalue weighted by atomic mass is 16.6. The number of ether oxygens (including phenoxy) is 4. The molecule has 85 heavy (non-hydrogen) atoms. The first-order valence-corrected chi connectivity index (χ1v) is 26.2. The van der Waals surface area contributed by atoms with Gasteiger partial charge in [0.2, 0.25) is 23.8 Å². The summed E-state index contributed by atoms with van der Waals surface area (Å²) in [6.45, 7) is 6.39. The highest BCUT2D eigenvalue weighted by molar-refractivity contribution is 5.73. The van der Waals surface area contributed by atoms with Crippen molar-refractivity contribution in [1.82, 2.24) is 88.7 Å². The van der Waals surface area contributed by atoms with E-state index in [0.29, 0.717) is 12.1 Å². The molecule has 0 unspecified atom stereocenters. The summed E-state index contributed by atoms with van der Waals surface area (Å²) in [7, 11) is 0. The van der Waals surface area contributed by atoms with Gasteiger partial charge in [0.05, 0.1) is 80.7 Å². The number of rotatable bonds is 12. The minimum Gasteiger partial charge on any atom is -0.394 e. The molecule has 24 N–H and O–H groups in total. The van der Waals surface area contributed by atoms with Crippen LogP contribution in [0.4, 0.5) is 23.8 Å². The van der Waals surface area contributed by atoms with E-state index in [9.17, 15) is 49.5 Å². The van der Waals surface area contributed by atoms with Crippen molar-refractivity contribution in [1.29, 1.82) is 0 Å². The molecular formula is C46H66N24O15. The van der Waals surface area contributed by atoms with Crippen LogP contribution in [0, 0.1) is 0 Å². The van der Waals surface area contributed by atoms with Crippen molar-refractivity contribution in [3.8, 4) is 0 Å². The van der Waals surface area contributed by atoms with Crippen molar-refractivity contribution in [2.45, 2.75) is 132 Å². The summed E-state index contributed by atoms with van der Waals surface area (Å²) >= 11 is 0. The van der Waals surface area contributed by atoms with Crippen LogP contribution in [0.25, 0.3) is 44.7 Å². The van der Waals surface area contributed by atoms with Crippen LogP contribution in [0.3, 0.4) is 0 Å². The first-order valence-electron chi connectivity index (χ1n) is 26.2. The van der Waals surface area contributed by atoms with E-state index in [2.05, 4.69) is 70.4 Å². The van der Waals surface area contributed by atoms with Crippen LogP contribution in [0.5, 0.6) is 0 Å². The van der Waals surface area contributed by atoms with E-state index in [1.165, 1.54) is 48.3 Å². The smallest absolute Gasteiger partial charge is 0.280 e. The lowest BCUT2D eigenvalue weighted by atomic mass is 10.0. The van der Waals surface area contributed by atoms with Crippen molar-refractivity contribution < 1.29 is 54.4 Å². The molecule has 12 rings (SSSR count). The molecule has 39 heteroatoms. The fraction of sp³-hybridized carbons (Fsp3) is 0.543. The molecule has 4 aliphatic heterocycles. The van der Waals surface area contributed by atoms with Crippen LogP contribution < -0.4 is 67.3 Å². The Kier molecular flexibility index (Phi) is 17.8. The average Bonchev–Trinajstić information content (AvgIpc) is 2.55. The number of aliphatic hydroxyl groups excluding tert-OH is 6. The van der Waals surface area contributed by atoms with Gasteiger partial charge in [0.1, 0.15) is 42.7 Å². The van der Waals surface area contributed by atoms with Gasteiger partial charge in [-0.2, -0.15) is 19.9 Å². The Hall–Kier alpha value is -8.29. The quantitative estimate of drug-likeness (QED) is 0.0505. The summed E-state index contributed by atoms with van der Waals surface area (Å²) in [6, 6.07) is -1.50. The molecule has 0 spiro atoms. The van der Waals surface area contributed by atoms with Crippen LogP contribution >= 0.6 is 0 Å². The van der Waals surface area contributed by atoms with Gasteiger partial charge in [-0.05, 0) is 27.7 Å². The minimum absolute atomic E-state index is 0.00757. The van der Waals surface area contributed by atoms with Gasteiger partial charge in [0.25, 0.3) is 22.2 Å². The molecule has 0 aliphatic carbocycles. The minimum atomic E-state index is -1.18. The molecule has 8 aromatic heterocycles. The normalized spacial score (nSPS) is 27.5. The Morgan fingerprint density at radius 2 is 0.941 bits per heavy atom. The average molecular weight is 1200 g/mol. The van der Waals surface area contributed by atoms with Crippen molar-refractivity contribution in [2.24, 2.45) is 11.5 Å². The molecule has 4 aliphatic rings. The van der Waals surface area contributed by atoms with E-state index in [1.54, 1.807) is 9.13 Å². The number of fused-ring (bicyclic) bond motifs is 4.